The molecule has 0 spiro atoms. The van der Waals surface area contributed by atoms with Gasteiger partial charge in [0.15, 0.2) is 0 Å². The van der Waals surface area contributed by atoms with Crippen molar-refractivity contribution in [2.24, 2.45) is 0 Å². The predicted molar refractivity (Wildman–Crippen MR) is 88.4 cm³/mol. The highest BCUT2D eigenvalue weighted by molar-refractivity contribution is 9.10. The average Bonchev–Trinajstić information content (AvgIpc) is 2.97. The van der Waals surface area contributed by atoms with Gasteiger partial charge in [-0.15, -0.1) is 0 Å². The minimum Gasteiger partial charge on any atom is -0.362 e. The molecule has 0 radical (unpaired) electrons. The van der Waals surface area contributed by atoms with Gasteiger partial charge in [0.05, 0.1) is 6.54 Å². The Morgan fingerprint density at radius 2 is 1.95 bits per heavy atom. The van der Waals surface area contributed by atoms with E-state index >= 15 is 0 Å². The van der Waals surface area contributed by atoms with Gasteiger partial charge in [0, 0.05) is 22.9 Å². The van der Waals surface area contributed by atoms with Crippen LogP contribution in [0.5, 0.6) is 0 Å². The van der Waals surface area contributed by atoms with Gasteiger partial charge in [0.25, 0.3) is 11.8 Å². The summed E-state index contributed by atoms with van der Waals surface area (Å²) in [6.45, 7) is 2.82. The molecule has 0 aliphatic carbocycles. The number of para-hydroxylation sites is 1. The average molecular weight is 365 g/mol. The number of nitrogens with zero attached hydrogens (tertiary/aromatic N) is 1. The van der Waals surface area contributed by atoms with Crippen molar-refractivity contribution in [3.05, 3.63) is 52.8 Å². The van der Waals surface area contributed by atoms with Gasteiger partial charge in [-0.1, -0.05) is 18.2 Å². The number of halogens is 1. The van der Waals surface area contributed by atoms with Crippen LogP contribution in [0.25, 0.3) is 0 Å². The monoisotopic (exact) mass is 364 g/mol. The van der Waals surface area contributed by atoms with Crippen molar-refractivity contribution in [3.8, 4) is 0 Å². The molecule has 0 atom stereocenters. The van der Waals surface area contributed by atoms with E-state index in [4.69, 9.17) is 0 Å². The lowest BCUT2D eigenvalue weighted by Crippen LogP contribution is -2.46. The molecule has 2 aromatic rings. The topological polar surface area (TPSA) is 77.2 Å². The quantitative estimate of drug-likeness (QED) is 0.710. The molecular formula is C15H17BrN4O2. The second-order valence-electron chi connectivity index (χ2n) is 4.58. The molecule has 6 nitrogen and oxygen atoms in total. The van der Waals surface area contributed by atoms with Gasteiger partial charge in [-0.25, -0.2) is 0 Å². The first-order chi connectivity index (χ1) is 10.6. The third-order valence-electron chi connectivity index (χ3n) is 3.05. The molecule has 2 amide bonds. The molecule has 116 valence electrons. The fourth-order valence-electron chi connectivity index (χ4n) is 1.93. The van der Waals surface area contributed by atoms with Gasteiger partial charge in [0.1, 0.15) is 5.69 Å². The first-order valence-corrected chi connectivity index (χ1v) is 7.62. The number of H-pyrrole nitrogens is 1. The molecule has 0 aliphatic rings. The summed E-state index contributed by atoms with van der Waals surface area (Å²) in [4.78, 5) is 28.4. The van der Waals surface area contributed by atoms with Crippen LogP contribution in [-0.2, 0) is 4.79 Å². The van der Waals surface area contributed by atoms with Crippen molar-refractivity contribution in [1.82, 2.24) is 15.8 Å². The van der Waals surface area contributed by atoms with Gasteiger partial charge in [0.2, 0.25) is 0 Å². The van der Waals surface area contributed by atoms with Crippen LogP contribution in [0.15, 0.2) is 47.1 Å². The zero-order chi connectivity index (χ0) is 15.9. The number of carbonyl (C=O) groups is 2. The lowest BCUT2D eigenvalue weighted by atomic mass is 10.3. The molecule has 0 fully saturated rings. The number of hydrogen-bond acceptors (Lipinski definition) is 3. The van der Waals surface area contributed by atoms with Gasteiger partial charge in [-0.05, 0) is 41.1 Å². The molecule has 7 heteroatoms. The number of aromatic amines is 1. The van der Waals surface area contributed by atoms with Crippen LogP contribution in [0.3, 0.4) is 0 Å². The number of hydrogen-bond donors (Lipinski definition) is 3. The zero-order valence-corrected chi connectivity index (χ0v) is 13.7. The normalized spacial score (nSPS) is 10.1. The molecule has 1 heterocycles. The second kappa shape index (κ2) is 7.65. The van der Waals surface area contributed by atoms with E-state index < -0.39 is 5.91 Å². The number of nitrogens with one attached hydrogen (secondary N) is 3. The number of benzene rings is 1. The molecule has 0 aliphatic heterocycles. The number of rotatable bonds is 5. The summed E-state index contributed by atoms with van der Waals surface area (Å²) in [6, 6.07) is 11.3. The Morgan fingerprint density at radius 1 is 1.23 bits per heavy atom. The van der Waals surface area contributed by atoms with Crippen LogP contribution in [-0.4, -0.2) is 29.9 Å². The zero-order valence-electron chi connectivity index (χ0n) is 12.1. The molecule has 0 saturated carbocycles. The maximum Gasteiger partial charge on any atom is 0.286 e. The highest BCUT2D eigenvalue weighted by Gasteiger charge is 2.12. The predicted octanol–water partition coefficient (Wildman–Crippen LogP) is 2.06. The third kappa shape index (κ3) is 4.36. The van der Waals surface area contributed by atoms with Crippen LogP contribution in [0.2, 0.25) is 0 Å². The van der Waals surface area contributed by atoms with Gasteiger partial charge < -0.3 is 9.88 Å². The highest BCUT2D eigenvalue weighted by Crippen LogP contribution is 2.12. The molecule has 0 saturated heterocycles. The van der Waals surface area contributed by atoms with E-state index in [-0.39, 0.29) is 12.5 Å². The smallest absolute Gasteiger partial charge is 0.286 e. The van der Waals surface area contributed by atoms with Crippen molar-refractivity contribution in [1.29, 1.82) is 0 Å². The molecule has 1 aromatic heterocycles. The fourth-order valence-corrected chi connectivity index (χ4v) is 2.27. The van der Waals surface area contributed by atoms with Gasteiger partial charge in [-0.3, -0.25) is 20.4 Å². The van der Waals surface area contributed by atoms with Crippen LogP contribution in [0.4, 0.5) is 5.69 Å². The summed E-state index contributed by atoms with van der Waals surface area (Å²) in [5, 5.41) is 0. The first kappa shape index (κ1) is 16.1. The van der Waals surface area contributed by atoms with Crippen LogP contribution in [0.1, 0.15) is 17.4 Å². The number of anilines is 1. The molecule has 3 N–H and O–H groups in total. The Balaban J connectivity index is 1.86. The molecule has 0 bridgehead atoms. The van der Waals surface area contributed by atoms with E-state index in [9.17, 15) is 9.59 Å². The summed E-state index contributed by atoms with van der Waals surface area (Å²) >= 11 is 3.24. The van der Waals surface area contributed by atoms with Crippen molar-refractivity contribution in [2.75, 3.05) is 18.0 Å². The third-order valence-corrected chi connectivity index (χ3v) is 3.50. The SMILES string of the molecule is CCN(CC(=O)NNC(=O)c1cc(Br)c[nH]1)c1ccccc1. The summed E-state index contributed by atoms with van der Waals surface area (Å²) in [6.07, 6.45) is 1.64. The first-order valence-electron chi connectivity index (χ1n) is 6.83. The number of hydrazine groups is 1. The lowest BCUT2D eigenvalue weighted by molar-refractivity contribution is -0.120. The van der Waals surface area contributed by atoms with Crippen molar-refractivity contribution in [3.63, 3.8) is 0 Å². The van der Waals surface area contributed by atoms with Crippen molar-refractivity contribution < 1.29 is 9.59 Å². The maximum atomic E-state index is 11.9. The Kier molecular flexibility index (Phi) is 5.60. The summed E-state index contributed by atoms with van der Waals surface area (Å²) in [7, 11) is 0. The summed E-state index contributed by atoms with van der Waals surface area (Å²) in [5.74, 6) is -0.688. The number of aromatic nitrogens is 1. The lowest BCUT2D eigenvalue weighted by Gasteiger charge is -2.22. The Hall–Kier alpha value is -2.28. The second-order valence-corrected chi connectivity index (χ2v) is 5.50. The molecule has 1 aromatic carbocycles. The van der Waals surface area contributed by atoms with Crippen molar-refractivity contribution >= 4 is 33.4 Å². The maximum absolute atomic E-state index is 11.9. The van der Waals surface area contributed by atoms with E-state index in [2.05, 4.69) is 31.8 Å². The van der Waals surface area contributed by atoms with E-state index in [0.717, 1.165) is 10.2 Å². The summed E-state index contributed by atoms with van der Waals surface area (Å²) < 4.78 is 0.769. The molecular weight excluding hydrogens is 348 g/mol. The van der Waals surface area contributed by atoms with Crippen LogP contribution < -0.4 is 15.8 Å². The van der Waals surface area contributed by atoms with Gasteiger partial charge in [-0.2, -0.15) is 0 Å². The largest absolute Gasteiger partial charge is 0.362 e. The summed E-state index contributed by atoms with van der Waals surface area (Å²) in [5.41, 5.74) is 6.11. The molecule has 22 heavy (non-hydrogen) atoms. The number of carbonyl (C=O) groups excluding carboxylic acids is 2. The Labute approximate surface area is 137 Å². The Morgan fingerprint density at radius 3 is 2.55 bits per heavy atom. The van der Waals surface area contributed by atoms with Crippen molar-refractivity contribution in [2.45, 2.75) is 6.92 Å². The fraction of sp³-hybridized carbons (Fsp3) is 0.200. The van der Waals surface area contributed by atoms with Crippen LogP contribution in [0, 0.1) is 0 Å². The van der Waals surface area contributed by atoms with Crippen LogP contribution >= 0.6 is 15.9 Å². The van der Waals surface area contributed by atoms with E-state index in [1.807, 2.05) is 42.2 Å². The minimum absolute atomic E-state index is 0.162. The minimum atomic E-state index is -0.401. The Bertz CT molecular complexity index is 642. The molecule has 0 unspecified atom stereocenters. The van der Waals surface area contributed by atoms with E-state index in [0.29, 0.717) is 12.2 Å². The number of likely N-dealkylation sites (N-methyl/N-ethyl adjacent to an activating group) is 1. The van der Waals surface area contributed by atoms with Gasteiger partial charge >= 0.3 is 0 Å². The number of amides is 2. The highest BCUT2D eigenvalue weighted by atomic mass is 79.9. The molecule has 2 rings (SSSR count). The van der Waals surface area contributed by atoms with E-state index in [1.54, 1.807) is 12.3 Å². The standard InChI is InChI=1S/C15H17BrN4O2/c1-2-20(12-6-4-3-5-7-12)10-14(21)18-19-15(22)13-8-11(16)9-17-13/h3-9,17H,2,10H2,1H3,(H,18,21)(H,19,22). The van der Waals surface area contributed by atoms with E-state index in [1.165, 1.54) is 0 Å².